The Morgan fingerprint density at radius 2 is 1.67 bits per heavy atom. The lowest BCUT2D eigenvalue weighted by Gasteiger charge is -2.58. The maximum atomic E-state index is 2.78. The molecule has 2 unspecified atom stereocenters. The molecule has 0 amide bonds. The van der Waals surface area contributed by atoms with Crippen LogP contribution in [0.15, 0.2) is 30.3 Å². The van der Waals surface area contributed by atoms with Crippen molar-refractivity contribution in [3.8, 4) is 0 Å². The van der Waals surface area contributed by atoms with Crippen LogP contribution >= 0.6 is 0 Å². The van der Waals surface area contributed by atoms with Gasteiger partial charge in [0.2, 0.25) is 0 Å². The summed E-state index contributed by atoms with van der Waals surface area (Å²) in [4.78, 5) is 2.78. The van der Waals surface area contributed by atoms with Gasteiger partial charge >= 0.3 is 0 Å². The third-order valence-electron chi connectivity index (χ3n) is 5.34. The third kappa shape index (κ3) is 1.80. The first-order chi connectivity index (χ1) is 8.74. The Balaban J connectivity index is 1.94. The quantitative estimate of drug-likeness (QED) is 0.753. The first-order valence-electron chi connectivity index (χ1n) is 7.56. The number of nitrogens with zero attached hydrogens (tertiary/aromatic N) is 1. The van der Waals surface area contributed by atoms with E-state index in [1.807, 2.05) is 0 Å². The molecule has 1 heteroatoms. The van der Waals surface area contributed by atoms with Gasteiger partial charge in [0.15, 0.2) is 0 Å². The maximum absolute atomic E-state index is 2.78. The summed E-state index contributed by atoms with van der Waals surface area (Å²) in [6.07, 6.45) is 6.92. The van der Waals surface area contributed by atoms with Gasteiger partial charge in [0.1, 0.15) is 0 Å². The molecule has 0 N–H and O–H groups in total. The summed E-state index contributed by atoms with van der Waals surface area (Å²) in [5, 5.41) is 0. The van der Waals surface area contributed by atoms with Crippen molar-refractivity contribution in [2.75, 3.05) is 6.54 Å². The molecule has 3 rings (SSSR count). The van der Waals surface area contributed by atoms with E-state index in [-0.39, 0.29) is 0 Å². The highest BCUT2D eigenvalue weighted by Crippen LogP contribution is 2.47. The summed E-state index contributed by atoms with van der Waals surface area (Å²) >= 11 is 0. The van der Waals surface area contributed by atoms with Gasteiger partial charge in [0.05, 0.1) is 0 Å². The average molecular weight is 243 g/mol. The Morgan fingerprint density at radius 1 is 1.00 bits per heavy atom. The first kappa shape index (κ1) is 12.2. The van der Waals surface area contributed by atoms with Gasteiger partial charge < -0.3 is 0 Å². The van der Waals surface area contributed by atoms with Crippen molar-refractivity contribution in [2.24, 2.45) is 5.92 Å². The molecule has 18 heavy (non-hydrogen) atoms. The second-order valence-corrected chi connectivity index (χ2v) is 6.33. The minimum Gasteiger partial charge on any atom is -0.290 e. The van der Waals surface area contributed by atoms with Gasteiger partial charge in [-0.05, 0) is 31.2 Å². The van der Waals surface area contributed by atoms with E-state index in [2.05, 4.69) is 49.1 Å². The molecule has 2 aliphatic rings. The van der Waals surface area contributed by atoms with Crippen LogP contribution in [0.1, 0.15) is 51.5 Å². The van der Waals surface area contributed by atoms with E-state index in [1.54, 1.807) is 5.56 Å². The largest absolute Gasteiger partial charge is 0.290 e. The molecule has 1 saturated heterocycles. The average Bonchev–Trinajstić information content (AvgIpc) is 2.46. The van der Waals surface area contributed by atoms with Crippen LogP contribution in [0.4, 0.5) is 0 Å². The molecule has 1 aromatic rings. The monoisotopic (exact) mass is 243 g/mol. The van der Waals surface area contributed by atoms with Crippen LogP contribution in [-0.4, -0.2) is 17.5 Å². The molecule has 1 aromatic carbocycles. The number of hydrogen-bond acceptors (Lipinski definition) is 1. The molecule has 1 heterocycles. The lowest BCUT2D eigenvalue weighted by Crippen LogP contribution is -2.63. The van der Waals surface area contributed by atoms with Crippen molar-refractivity contribution in [3.63, 3.8) is 0 Å². The molecule has 1 saturated carbocycles. The Bertz CT molecular complexity index is 391. The second kappa shape index (κ2) is 4.70. The summed E-state index contributed by atoms with van der Waals surface area (Å²) in [6, 6.07) is 12.0. The lowest BCUT2D eigenvalue weighted by atomic mass is 9.71. The fraction of sp³-hybridized carbons (Fsp3) is 0.647. The van der Waals surface area contributed by atoms with Crippen LogP contribution < -0.4 is 0 Å². The second-order valence-electron chi connectivity index (χ2n) is 6.33. The van der Waals surface area contributed by atoms with Crippen LogP contribution in [0.25, 0.3) is 0 Å². The third-order valence-corrected chi connectivity index (χ3v) is 5.34. The van der Waals surface area contributed by atoms with Crippen molar-refractivity contribution >= 4 is 0 Å². The van der Waals surface area contributed by atoms with Crippen molar-refractivity contribution in [1.82, 2.24) is 4.90 Å². The highest BCUT2D eigenvalue weighted by atomic mass is 15.3. The number of benzene rings is 1. The zero-order valence-corrected chi connectivity index (χ0v) is 11.7. The lowest BCUT2D eigenvalue weighted by molar-refractivity contribution is -0.0833. The molecule has 0 radical (unpaired) electrons. The Labute approximate surface area is 111 Å². The Kier molecular flexibility index (Phi) is 3.19. The molecule has 1 aliphatic carbocycles. The maximum Gasteiger partial charge on any atom is 0.0463 e. The predicted molar refractivity (Wildman–Crippen MR) is 76.5 cm³/mol. The fourth-order valence-corrected chi connectivity index (χ4v) is 3.99. The van der Waals surface area contributed by atoms with E-state index in [1.165, 1.54) is 38.6 Å². The molecule has 0 spiro atoms. The predicted octanol–water partition coefficient (Wildman–Crippen LogP) is 4.19. The van der Waals surface area contributed by atoms with Crippen molar-refractivity contribution < 1.29 is 0 Å². The van der Waals surface area contributed by atoms with Gasteiger partial charge in [-0.2, -0.15) is 0 Å². The summed E-state index contributed by atoms with van der Waals surface area (Å²) in [6.45, 7) is 6.09. The van der Waals surface area contributed by atoms with Crippen LogP contribution in [0.5, 0.6) is 0 Å². The molecule has 98 valence electrons. The van der Waals surface area contributed by atoms with E-state index in [0.29, 0.717) is 5.54 Å². The summed E-state index contributed by atoms with van der Waals surface area (Å²) in [5.74, 6) is 0.868. The molecular weight excluding hydrogens is 218 g/mol. The number of hydrogen-bond donors (Lipinski definition) is 0. The fourth-order valence-electron chi connectivity index (χ4n) is 3.99. The van der Waals surface area contributed by atoms with Gasteiger partial charge in [-0.15, -0.1) is 0 Å². The highest BCUT2D eigenvalue weighted by Gasteiger charge is 2.47. The van der Waals surface area contributed by atoms with E-state index in [9.17, 15) is 0 Å². The Hall–Kier alpha value is -0.820. The SMILES string of the molecule is CC1CN(C2(c3ccccc3)CCCCC2)C1C. The van der Waals surface area contributed by atoms with Gasteiger partial charge in [0.25, 0.3) is 0 Å². The van der Waals surface area contributed by atoms with Gasteiger partial charge in [0, 0.05) is 18.1 Å². The molecule has 0 bridgehead atoms. The summed E-state index contributed by atoms with van der Waals surface area (Å²) in [7, 11) is 0. The van der Waals surface area contributed by atoms with Crippen molar-refractivity contribution in [1.29, 1.82) is 0 Å². The minimum absolute atomic E-state index is 0.353. The summed E-state index contributed by atoms with van der Waals surface area (Å²) in [5.41, 5.74) is 1.91. The number of likely N-dealkylation sites (tertiary alicyclic amines) is 1. The van der Waals surface area contributed by atoms with Gasteiger partial charge in [-0.1, -0.05) is 56.5 Å². The molecule has 1 nitrogen and oxygen atoms in total. The van der Waals surface area contributed by atoms with Gasteiger partial charge in [-0.25, -0.2) is 0 Å². The smallest absolute Gasteiger partial charge is 0.0463 e. The zero-order chi connectivity index (χ0) is 12.6. The molecule has 2 fully saturated rings. The van der Waals surface area contributed by atoms with Crippen LogP contribution in [0.3, 0.4) is 0 Å². The van der Waals surface area contributed by atoms with E-state index < -0.39 is 0 Å². The van der Waals surface area contributed by atoms with Crippen molar-refractivity contribution in [2.45, 2.75) is 57.5 Å². The Morgan fingerprint density at radius 3 is 2.22 bits per heavy atom. The van der Waals surface area contributed by atoms with Gasteiger partial charge in [-0.3, -0.25) is 4.90 Å². The van der Waals surface area contributed by atoms with E-state index in [0.717, 1.165) is 12.0 Å². The van der Waals surface area contributed by atoms with E-state index in [4.69, 9.17) is 0 Å². The standard InChI is InChI=1S/C17H25N/c1-14-13-18(15(14)2)17(11-7-4-8-12-17)16-9-5-3-6-10-16/h3,5-6,9-10,14-15H,4,7-8,11-13H2,1-2H3. The van der Waals surface area contributed by atoms with Crippen LogP contribution in [0.2, 0.25) is 0 Å². The zero-order valence-electron chi connectivity index (χ0n) is 11.7. The minimum atomic E-state index is 0.353. The normalized spacial score (nSPS) is 31.9. The molecule has 0 aromatic heterocycles. The molecular formula is C17H25N. The van der Waals surface area contributed by atoms with E-state index >= 15 is 0 Å². The topological polar surface area (TPSA) is 3.24 Å². The first-order valence-corrected chi connectivity index (χ1v) is 7.56. The van der Waals surface area contributed by atoms with Crippen LogP contribution in [-0.2, 0) is 5.54 Å². The summed E-state index contributed by atoms with van der Waals surface area (Å²) < 4.78 is 0. The van der Waals surface area contributed by atoms with Crippen LogP contribution in [0, 0.1) is 5.92 Å². The molecule has 1 aliphatic heterocycles. The number of rotatable bonds is 2. The highest BCUT2D eigenvalue weighted by molar-refractivity contribution is 5.26. The molecule has 2 atom stereocenters. The van der Waals surface area contributed by atoms with Crippen molar-refractivity contribution in [3.05, 3.63) is 35.9 Å².